The molecule has 2 atom stereocenters. The van der Waals surface area contributed by atoms with Crippen molar-refractivity contribution in [1.29, 1.82) is 0 Å². The first-order valence-electron chi connectivity index (χ1n) is 9.40. The molecule has 2 N–H and O–H groups in total. The Morgan fingerprint density at radius 3 is 2.31 bits per heavy atom. The van der Waals surface area contributed by atoms with Crippen LogP contribution in [0.5, 0.6) is 0 Å². The number of benzene rings is 2. The van der Waals surface area contributed by atoms with Crippen molar-refractivity contribution in [2.24, 2.45) is 5.73 Å². The van der Waals surface area contributed by atoms with Crippen molar-refractivity contribution in [2.45, 2.75) is 38.8 Å². The van der Waals surface area contributed by atoms with Gasteiger partial charge in [-0.1, -0.05) is 36.4 Å². The Morgan fingerprint density at radius 1 is 0.962 bits per heavy atom. The number of carbonyl (C=O) groups excluding carboxylic acids is 1. The van der Waals surface area contributed by atoms with Gasteiger partial charge in [0.1, 0.15) is 0 Å². The van der Waals surface area contributed by atoms with E-state index < -0.39 is 0 Å². The molecule has 4 nitrogen and oxygen atoms in total. The molecule has 2 aromatic rings. The van der Waals surface area contributed by atoms with Crippen LogP contribution in [0.2, 0.25) is 0 Å². The van der Waals surface area contributed by atoms with Gasteiger partial charge in [0.2, 0.25) is 5.91 Å². The van der Waals surface area contributed by atoms with Gasteiger partial charge in [0.25, 0.3) is 0 Å². The Bertz CT molecular complexity index is 773. The smallest absolute Gasteiger partial charge is 0.248 e. The molecule has 1 heterocycles. The Morgan fingerprint density at radius 2 is 1.58 bits per heavy atom. The maximum Gasteiger partial charge on any atom is 0.248 e. The van der Waals surface area contributed by atoms with E-state index in [1.165, 1.54) is 11.3 Å². The number of nitrogens with zero attached hydrogens (tertiary/aromatic N) is 2. The second kappa shape index (κ2) is 7.92. The van der Waals surface area contributed by atoms with Crippen molar-refractivity contribution in [3.05, 3.63) is 65.2 Å². The summed E-state index contributed by atoms with van der Waals surface area (Å²) in [6, 6.07) is 17.3. The monoisotopic (exact) mass is 351 g/mol. The van der Waals surface area contributed by atoms with Crippen LogP contribution in [0, 0.1) is 0 Å². The zero-order valence-corrected chi connectivity index (χ0v) is 16.0. The van der Waals surface area contributed by atoms with Crippen molar-refractivity contribution < 1.29 is 4.79 Å². The van der Waals surface area contributed by atoms with Crippen LogP contribution in [-0.4, -0.2) is 43.0 Å². The maximum absolute atomic E-state index is 11.7. The zero-order chi connectivity index (χ0) is 18.7. The van der Waals surface area contributed by atoms with Crippen LogP contribution < -0.4 is 10.6 Å². The SMILES string of the molecule is CC1CN(c2ccccc2CCc2ccccc2C(N)=O)C(C)CN1C. The molecule has 0 aliphatic carbocycles. The second-order valence-electron chi connectivity index (χ2n) is 7.44. The van der Waals surface area contributed by atoms with E-state index in [0.29, 0.717) is 17.6 Å². The lowest BCUT2D eigenvalue weighted by Crippen LogP contribution is -2.55. The molecular weight excluding hydrogens is 322 g/mol. The third-order valence-electron chi connectivity index (χ3n) is 5.55. The molecule has 0 spiro atoms. The highest BCUT2D eigenvalue weighted by atomic mass is 16.1. The molecule has 0 bridgehead atoms. The number of hydrogen-bond donors (Lipinski definition) is 1. The fourth-order valence-corrected chi connectivity index (χ4v) is 3.89. The molecule has 2 aromatic carbocycles. The minimum Gasteiger partial charge on any atom is -0.366 e. The Labute approximate surface area is 156 Å². The standard InChI is InChI=1S/C22H29N3O/c1-16-15-25(17(2)14-24(16)3)21-11-7-5-9-19(21)13-12-18-8-4-6-10-20(18)22(23)26/h4-11,16-17H,12-15H2,1-3H3,(H2,23,26). The van der Waals surface area contributed by atoms with Crippen LogP contribution in [0.25, 0.3) is 0 Å². The van der Waals surface area contributed by atoms with Gasteiger partial charge in [-0.15, -0.1) is 0 Å². The molecule has 0 aromatic heterocycles. The number of carbonyl (C=O) groups is 1. The summed E-state index contributed by atoms with van der Waals surface area (Å²) in [5.41, 5.74) is 9.82. The number of nitrogens with two attached hydrogens (primary N) is 1. The molecule has 3 rings (SSSR count). The first-order chi connectivity index (χ1) is 12.5. The Hall–Kier alpha value is -2.33. The molecule has 138 valence electrons. The van der Waals surface area contributed by atoms with Gasteiger partial charge in [0, 0.05) is 36.4 Å². The quantitative estimate of drug-likeness (QED) is 0.900. The molecule has 0 radical (unpaired) electrons. The number of hydrogen-bond acceptors (Lipinski definition) is 3. The molecule has 4 heteroatoms. The second-order valence-corrected chi connectivity index (χ2v) is 7.44. The lowest BCUT2D eigenvalue weighted by Gasteiger charge is -2.44. The van der Waals surface area contributed by atoms with Gasteiger partial charge in [-0.2, -0.15) is 0 Å². The van der Waals surface area contributed by atoms with Crippen molar-refractivity contribution in [3.63, 3.8) is 0 Å². The third-order valence-corrected chi connectivity index (χ3v) is 5.55. The van der Waals surface area contributed by atoms with Gasteiger partial charge in [-0.25, -0.2) is 0 Å². The minimum absolute atomic E-state index is 0.351. The summed E-state index contributed by atoms with van der Waals surface area (Å²) >= 11 is 0. The fourth-order valence-electron chi connectivity index (χ4n) is 3.89. The van der Waals surface area contributed by atoms with Crippen molar-refractivity contribution in [3.8, 4) is 0 Å². The maximum atomic E-state index is 11.7. The van der Waals surface area contributed by atoms with Crippen molar-refractivity contribution in [2.75, 3.05) is 25.0 Å². The number of amides is 1. The first-order valence-corrected chi connectivity index (χ1v) is 9.40. The molecule has 1 saturated heterocycles. The van der Waals surface area contributed by atoms with Crippen LogP contribution in [0.3, 0.4) is 0 Å². The van der Waals surface area contributed by atoms with E-state index in [1.807, 2.05) is 24.3 Å². The highest BCUT2D eigenvalue weighted by molar-refractivity contribution is 5.94. The predicted molar refractivity (Wildman–Crippen MR) is 108 cm³/mol. The number of rotatable bonds is 5. The average Bonchev–Trinajstić information content (AvgIpc) is 2.63. The highest BCUT2D eigenvalue weighted by Crippen LogP contribution is 2.27. The number of primary amides is 1. The van der Waals surface area contributed by atoms with E-state index in [9.17, 15) is 4.79 Å². The first kappa shape index (κ1) is 18.5. The van der Waals surface area contributed by atoms with E-state index in [-0.39, 0.29) is 5.91 Å². The molecule has 1 aliphatic heterocycles. The van der Waals surface area contributed by atoms with E-state index in [1.54, 1.807) is 0 Å². The number of para-hydroxylation sites is 1. The van der Waals surface area contributed by atoms with Crippen LogP contribution in [-0.2, 0) is 12.8 Å². The van der Waals surface area contributed by atoms with Crippen molar-refractivity contribution in [1.82, 2.24) is 4.90 Å². The number of anilines is 1. The fraction of sp³-hybridized carbons (Fsp3) is 0.409. The molecule has 2 unspecified atom stereocenters. The topological polar surface area (TPSA) is 49.6 Å². The largest absolute Gasteiger partial charge is 0.366 e. The molecule has 1 amide bonds. The van der Waals surface area contributed by atoms with Gasteiger partial charge in [-0.3, -0.25) is 9.69 Å². The van der Waals surface area contributed by atoms with Crippen molar-refractivity contribution >= 4 is 11.6 Å². The lowest BCUT2D eigenvalue weighted by molar-refractivity contribution is 0.0999. The van der Waals surface area contributed by atoms with Crippen LogP contribution >= 0.6 is 0 Å². The van der Waals surface area contributed by atoms with E-state index in [2.05, 4.69) is 55.0 Å². The minimum atomic E-state index is -0.351. The van der Waals surface area contributed by atoms with Gasteiger partial charge in [0.15, 0.2) is 0 Å². The van der Waals surface area contributed by atoms with Gasteiger partial charge < -0.3 is 10.6 Å². The Balaban J connectivity index is 1.81. The van der Waals surface area contributed by atoms with Crippen LogP contribution in [0.1, 0.15) is 35.3 Å². The summed E-state index contributed by atoms with van der Waals surface area (Å²) in [5.74, 6) is -0.351. The normalized spacial score (nSPS) is 21.0. The van der Waals surface area contributed by atoms with E-state index >= 15 is 0 Å². The average molecular weight is 351 g/mol. The molecular formula is C22H29N3O. The highest BCUT2D eigenvalue weighted by Gasteiger charge is 2.27. The zero-order valence-electron chi connectivity index (χ0n) is 16.0. The molecule has 1 fully saturated rings. The predicted octanol–water partition coefficient (Wildman–Crippen LogP) is 3.10. The summed E-state index contributed by atoms with van der Waals surface area (Å²) in [6.45, 7) is 6.68. The summed E-state index contributed by atoms with van der Waals surface area (Å²) < 4.78 is 0. The number of aryl methyl sites for hydroxylation is 2. The summed E-state index contributed by atoms with van der Waals surface area (Å²) in [4.78, 5) is 16.6. The van der Waals surface area contributed by atoms with Gasteiger partial charge in [0.05, 0.1) is 0 Å². The van der Waals surface area contributed by atoms with Gasteiger partial charge in [-0.05, 0) is 57.0 Å². The molecule has 1 aliphatic rings. The van der Waals surface area contributed by atoms with Gasteiger partial charge >= 0.3 is 0 Å². The third kappa shape index (κ3) is 3.91. The molecule has 26 heavy (non-hydrogen) atoms. The molecule has 0 saturated carbocycles. The summed E-state index contributed by atoms with van der Waals surface area (Å²) in [5, 5.41) is 0. The van der Waals surface area contributed by atoms with Crippen LogP contribution in [0.15, 0.2) is 48.5 Å². The Kier molecular flexibility index (Phi) is 5.62. The summed E-state index contributed by atoms with van der Waals surface area (Å²) in [6.07, 6.45) is 1.71. The lowest BCUT2D eigenvalue weighted by atomic mass is 9.97. The van der Waals surface area contributed by atoms with Crippen LogP contribution in [0.4, 0.5) is 5.69 Å². The number of piperazine rings is 1. The summed E-state index contributed by atoms with van der Waals surface area (Å²) in [7, 11) is 2.20. The van der Waals surface area contributed by atoms with E-state index in [4.69, 9.17) is 5.73 Å². The van der Waals surface area contributed by atoms with E-state index in [0.717, 1.165) is 31.5 Å². The number of likely N-dealkylation sites (N-methyl/N-ethyl adjacent to an activating group) is 1.